The molecule has 0 radical (unpaired) electrons. The Hall–Kier alpha value is -2.39. The van der Waals surface area contributed by atoms with Crippen LogP contribution in [0.4, 0.5) is 20.2 Å². The van der Waals surface area contributed by atoms with E-state index in [1.807, 2.05) is 18.2 Å². The van der Waals surface area contributed by atoms with Crippen LogP contribution in [-0.4, -0.2) is 57.7 Å². The van der Waals surface area contributed by atoms with E-state index in [9.17, 15) is 22.0 Å². The molecule has 0 N–H and O–H groups in total. The number of amides is 1. The van der Waals surface area contributed by atoms with Crippen LogP contribution in [0.1, 0.15) is 6.92 Å². The summed E-state index contributed by atoms with van der Waals surface area (Å²) in [5.74, 6) is -2.69. The maximum atomic E-state index is 13.7. The second kappa shape index (κ2) is 8.77. The smallest absolute Gasteiger partial charge is 0.246 e. The maximum Gasteiger partial charge on any atom is 0.246 e. The molecule has 0 unspecified atom stereocenters. The fraction of sp³-hybridized carbons (Fsp3) is 0.350. The summed E-state index contributed by atoms with van der Waals surface area (Å²) < 4.78 is 52.5. The Morgan fingerprint density at radius 2 is 1.73 bits per heavy atom. The van der Waals surface area contributed by atoms with Crippen molar-refractivity contribution in [3.05, 3.63) is 59.1 Å². The number of piperazine rings is 1. The normalized spacial score (nSPS) is 15.8. The molecule has 0 aliphatic carbocycles. The number of sulfonamides is 1. The summed E-state index contributed by atoms with van der Waals surface area (Å²) in [7, 11) is -3.92. The van der Waals surface area contributed by atoms with Crippen molar-refractivity contribution in [3.8, 4) is 0 Å². The Morgan fingerprint density at radius 1 is 1.07 bits per heavy atom. The summed E-state index contributed by atoms with van der Waals surface area (Å²) >= 11 is 6.04. The van der Waals surface area contributed by atoms with Crippen molar-refractivity contribution in [1.29, 1.82) is 0 Å². The van der Waals surface area contributed by atoms with Crippen molar-refractivity contribution >= 4 is 38.9 Å². The monoisotopic (exact) mass is 457 g/mol. The van der Waals surface area contributed by atoms with Gasteiger partial charge in [0.25, 0.3) is 0 Å². The first-order chi connectivity index (χ1) is 14.1. The van der Waals surface area contributed by atoms with Gasteiger partial charge < -0.3 is 9.80 Å². The molecule has 0 spiro atoms. The molecule has 0 saturated carbocycles. The molecule has 30 heavy (non-hydrogen) atoms. The van der Waals surface area contributed by atoms with Gasteiger partial charge in [-0.3, -0.25) is 9.10 Å². The molecule has 1 amide bonds. The predicted molar refractivity (Wildman–Crippen MR) is 113 cm³/mol. The number of rotatable bonds is 5. The van der Waals surface area contributed by atoms with Gasteiger partial charge in [0.2, 0.25) is 15.9 Å². The lowest BCUT2D eigenvalue weighted by Gasteiger charge is -2.39. The third-order valence-electron chi connectivity index (χ3n) is 4.99. The van der Waals surface area contributed by atoms with Gasteiger partial charge in [-0.2, -0.15) is 0 Å². The van der Waals surface area contributed by atoms with Crippen LogP contribution in [0.25, 0.3) is 0 Å². The van der Waals surface area contributed by atoms with Gasteiger partial charge >= 0.3 is 0 Å². The fourth-order valence-corrected chi connectivity index (χ4v) is 4.89. The van der Waals surface area contributed by atoms with Gasteiger partial charge in [0, 0.05) is 43.0 Å². The van der Waals surface area contributed by atoms with Crippen molar-refractivity contribution in [2.24, 2.45) is 0 Å². The Bertz CT molecular complexity index is 1040. The second-order valence-electron chi connectivity index (χ2n) is 7.13. The zero-order valence-electron chi connectivity index (χ0n) is 16.6. The average molecular weight is 458 g/mol. The predicted octanol–water partition coefficient (Wildman–Crippen LogP) is 3.12. The highest BCUT2D eigenvalue weighted by Gasteiger charge is 2.33. The van der Waals surface area contributed by atoms with E-state index in [0.29, 0.717) is 31.2 Å². The molecule has 0 bridgehead atoms. The Balaban J connectivity index is 1.75. The first-order valence-electron chi connectivity index (χ1n) is 9.31. The van der Waals surface area contributed by atoms with Gasteiger partial charge in [0.15, 0.2) is 11.6 Å². The fourth-order valence-electron chi connectivity index (χ4n) is 3.55. The summed E-state index contributed by atoms with van der Waals surface area (Å²) in [6.45, 7) is 3.34. The lowest BCUT2D eigenvalue weighted by atomic mass is 10.2. The number of carbonyl (C=O) groups excluding carboxylic acids is 1. The van der Waals surface area contributed by atoms with Gasteiger partial charge in [-0.05, 0) is 37.3 Å². The summed E-state index contributed by atoms with van der Waals surface area (Å²) in [6, 6.07) is 9.05. The summed E-state index contributed by atoms with van der Waals surface area (Å²) in [6.07, 6.45) is 0.926. The molecule has 10 heteroatoms. The number of anilines is 2. The molecule has 6 nitrogen and oxygen atoms in total. The van der Waals surface area contributed by atoms with Crippen molar-refractivity contribution in [2.75, 3.05) is 41.6 Å². The van der Waals surface area contributed by atoms with Crippen LogP contribution in [0.15, 0.2) is 42.5 Å². The van der Waals surface area contributed by atoms with Crippen LogP contribution in [0.5, 0.6) is 0 Å². The lowest BCUT2D eigenvalue weighted by Crippen LogP contribution is -2.55. The van der Waals surface area contributed by atoms with E-state index in [-0.39, 0.29) is 5.69 Å². The highest BCUT2D eigenvalue weighted by molar-refractivity contribution is 7.92. The van der Waals surface area contributed by atoms with Crippen LogP contribution in [-0.2, 0) is 14.8 Å². The Morgan fingerprint density at radius 3 is 2.30 bits per heavy atom. The molecule has 2 aromatic rings. The lowest BCUT2D eigenvalue weighted by molar-refractivity contribution is -0.132. The van der Waals surface area contributed by atoms with Crippen LogP contribution in [0.3, 0.4) is 0 Å². The molecule has 0 aromatic heterocycles. The number of carbonyl (C=O) groups is 1. The second-order valence-corrected chi connectivity index (χ2v) is 9.42. The summed E-state index contributed by atoms with van der Waals surface area (Å²) in [5, 5.41) is 0.620. The van der Waals surface area contributed by atoms with E-state index in [0.717, 1.165) is 34.4 Å². The van der Waals surface area contributed by atoms with E-state index < -0.39 is 33.6 Å². The first-order valence-corrected chi connectivity index (χ1v) is 11.5. The number of halogens is 3. The van der Waals surface area contributed by atoms with E-state index in [2.05, 4.69) is 4.90 Å². The van der Waals surface area contributed by atoms with Crippen LogP contribution >= 0.6 is 11.6 Å². The molecule has 3 rings (SSSR count). The summed E-state index contributed by atoms with van der Waals surface area (Å²) in [5.41, 5.74) is 0.844. The van der Waals surface area contributed by atoms with Gasteiger partial charge in [0.05, 0.1) is 11.9 Å². The zero-order valence-corrected chi connectivity index (χ0v) is 18.1. The number of benzene rings is 2. The molecule has 1 atom stereocenters. The minimum atomic E-state index is -3.92. The van der Waals surface area contributed by atoms with Crippen molar-refractivity contribution in [3.63, 3.8) is 0 Å². The van der Waals surface area contributed by atoms with E-state index >= 15 is 0 Å². The third-order valence-corrected chi connectivity index (χ3v) is 6.47. The van der Waals surface area contributed by atoms with Crippen LogP contribution in [0, 0.1) is 11.6 Å². The first kappa shape index (κ1) is 22.3. The van der Waals surface area contributed by atoms with Gasteiger partial charge in [-0.15, -0.1) is 0 Å². The molecule has 2 aromatic carbocycles. The Labute approximate surface area is 179 Å². The van der Waals surface area contributed by atoms with Gasteiger partial charge in [-0.1, -0.05) is 17.7 Å². The molecular formula is C20H22ClF2N3O3S. The van der Waals surface area contributed by atoms with Crippen LogP contribution < -0.4 is 9.21 Å². The van der Waals surface area contributed by atoms with Crippen molar-refractivity contribution in [2.45, 2.75) is 13.0 Å². The van der Waals surface area contributed by atoms with Crippen LogP contribution in [0.2, 0.25) is 5.02 Å². The number of hydrogen-bond acceptors (Lipinski definition) is 4. The largest absolute Gasteiger partial charge is 0.368 e. The van der Waals surface area contributed by atoms with Gasteiger partial charge in [-0.25, -0.2) is 17.2 Å². The van der Waals surface area contributed by atoms with Crippen molar-refractivity contribution in [1.82, 2.24) is 4.90 Å². The molecule has 162 valence electrons. The van der Waals surface area contributed by atoms with E-state index in [1.165, 1.54) is 6.92 Å². The molecule has 1 aliphatic rings. The highest BCUT2D eigenvalue weighted by Crippen LogP contribution is 2.25. The molecule has 1 saturated heterocycles. The zero-order chi connectivity index (χ0) is 22.1. The van der Waals surface area contributed by atoms with Gasteiger partial charge in [0.1, 0.15) is 6.04 Å². The standard InChI is InChI=1S/C20H22ClF2N3O3S/c1-14(26(30(2,28)29)17-6-7-18(22)19(23)13-17)20(27)25-10-8-24(9-11-25)16-5-3-4-15(21)12-16/h3-7,12-14H,8-11H2,1-2H3/t14-/m1/s1. The molecule has 1 aliphatic heterocycles. The SMILES string of the molecule is C[C@H](C(=O)N1CCN(c2cccc(Cl)c2)CC1)N(c1ccc(F)c(F)c1)S(C)(=O)=O. The van der Waals surface area contributed by atoms with E-state index in [4.69, 9.17) is 11.6 Å². The highest BCUT2D eigenvalue weighted by atomic mass is 35.5. The quantitative estimate of drug-likeness (QED) is 0.692. The summed E-state index contributed by atoms with van der Waals surface area (Å²) in [4.78, 5) is 16.7. The Kier molecular flexibility index (Phi) is 6.52. The number of hydrogen-bond donors (Lipinski definition) is 0. The molecular weight excluding hydrogens is 436 g/mol. The molecule has 1 fully saturated rings. The maximum absolute atomic E-state index is 13.7. The minimum absolute atomic E-state index is 0.102. The average Bonchev–Trinajstić information content (AvgIpc) is 2.69. The van der Waals surface area contributed by atoms with E-state index in [1.54, 1.807) is 11.0 Å². The third kappa shape index (κ3) is 4.84. The minimum Gasteiger partial charge on any atom is -0.368 e. The van der Waals surface area contributed by atoms with Crippen molar-refractivity contribution < 1.29 is 22.0 Å². The molecule has 1 heterocycles. The topological polar surface area (TPSA) is 60.9 Å². The number of nitrogens with zero attached hydrogens (tertiary/aromatic N) is 3.